The molecule has 0 unspecified atom stereocenters. The van der Waals surface area contributed by atoms with E-state index in [1.54, 1.807) is 11.8 Å². The van der Waals surface area contributed by atoms with Crippen LogP contribution in [0.25, 0.3) is 0 Å². The van der Waals surface area contributed by atoms with Gasteiger partial charge in [-0.3, -0.25) is 4.79 Å². The summed E-state index contributed by atoms with van der Waals surface area (Å²) in [5, 5.41) is 8.76. The SMILES string of the molecule is Cc1oc(C)c(C(=O)N(CC#N)C(C)C)c1C. The molecule has 0 aliphatic carbocycles. The molecule has 0 spiro atoms. The van der Waals surface area contributed by atoms with Crippen molar-refractivity contribution in [1.29, 1.82) is 5.26 Å². The summed E-state index contributed by atoms with van der Waals surface area (Å²) in [5.41, 5.74) is 1.45. The first-order valence-electron chi connectivity index (χ1n) is 5.64. The van der Waals surface area contributed by atoms with E-state index in [0.717, 1.165) is 11.3 Å². The minimum atomic E-state index is -0.131. The second kappa shape index (κ2) is 5.05. The van der Waals surface area contributed by atoms with Gasteiger partial charge in [0.05, 0.1) is 11.6 Å². The van der Waals surface area contributed by atoms with Crippen molar-refractivity contribution in [2.75, 3.05) is 6.54 Å². The van der Waals surface area contributed by atoms with Gasteiger partial charge in [0.15, 0.2) is 0 Å². The summed E-state index contributed by atoms with van der Waals surface area (Å²) in [7, 11) is 0. The molecule has 0 saturated heterocycles. The molecule has 0 aliphatic rings. The number of hydrogen-bond donors (Lipinski definition) is 0. The first kappa shape index (κ1) is 13.3. The summed E-state index contributed by atoms with van der Waals surface area (Å²) in [4.78, 5) is 13.9. The fourth-order valence-electron chi connectivity index (χ4n) is 1.82. The van der Waals surface area contributed by atoms with Crippen molar-refractivity contribution in [3.05, 3.63) is 22.6 Å². The molecular weight excluding hydrogens is 216 g/mol. The molecule has 92 valence electrons. The van der Waals surface area contributed by atoms with Crippen molar-refractivity contribution in [1.82, 2.24) is 4.90 Å². The average molecular weight is 234 g/mol. The van der Waals surface area contributed by atoms with Gasteiger partial charge in [-0.05, 0) is 34.6 Å². The van der Waals surface area contributed by atoms with Gasteiger partial charge in [0.1, 0.15) is 18.1 Å². The summed E-state index contributed by atoms with van der Waals surface area (Å²) in [6.07, 6.45) is 0. The van der Waals surface area contributed by atoms with Crippen LogP contribution in [-0.4, -0.2) is 23.4 Å². The maximum atomic E-state index is 12.3. The molecule has 4 nitrogen and oxygen atoms in total. The highest BCUT2D eigenvalue weighted by Gasteiger charge is 2.25. The van der Waals surface area contributed by atoms with Crippen molar-refractivity contribution >= 4 is 5.91 Å². The van der Waals surface area contributed by atoms with Gasteiger partial charge in [-0.1, -0.05) is 0 Å². The molecule has 0 saturated carbocycles. The van der Waals surface area contributed by atoms with Crippen molar-refractivity contribution in [3.63, 3.8) is 0 Å². The number of amides is 1. The molecule has 0 bridgehead atoms. The second-order valence-corrected chi connectivity index (χ2v) is 4.40. The Morgan fingerprint density at radius 3 is 2.29 bits per heavy atom. The normalized spacial score (nSPS) is 10.4. The maximum absolute atomic E-state index is 12.3. The zero-order valence-corrected chi connectivity index (χ0v) is 11.0. The highest BCUT2D eigenvalue weighted by Crippen LogP contribution is 2.22. The van der Waals surface area contributed by atoms with Gasteiger partial charge in [-0.15, -0.1) is 0 Å². The van der Waals surface area contributed by atoms with Crippen molar-refractivity contribution in [2.45, 2.75) is 40.7 Å². The van der Waals surface area contributed by atoms with Gasteiger partial charge < -0.3 is 9.32 Å². The third kappa shape index (κ3) is 2.50. The molecule has 4 heteroatoms. The lowest BCUT2D eigenvalue weighted by atomic mass is 10.1. The number of furan rings is 1. The minimum absolute atomic E-state index is 0.00356. The summed E-state index contributed by atoms with van der Waals surface area (Å²) in [6.45, 7) is 9.37. The van der Waals surface area contributed by atoms with E-state index in [9.17, 15) is 4.79 Å². The Hall–Kier alpha value is -1.76. The lowest BCUT2D eigenvalue weighted by Gasteiger charge is -2.23. The highest BCUT2D eigenvalue weighted by atomic mass is 16.3. The standard InChI is InChI=1S/C13H18N2O2/c1-8(2)15(7-6-14)13(16)12-9(3)10(4)17-11(12)5/h8H,7H2,1-5H3. The van der Waals surface area contributed by atoms with E-state index in [-0.39, 0.29) is 18.5 Å². The van der Waals surface area contributed by atoms with Crippen LogP contribution in [0.4, 0.5) is 0 Å². The van der Waals surface area contributed by atoms with Crippen LogP contribution in [0, 0.1) is 32.1 Å². The fourth-order valence-corrected chi connectivity index (χ4v) is 1.82. The molecule has 0 aliphatic heterocycles. The van der Waals surface area contributed by atoms with Crippen molar-refractivity contribution in [3.8, 4) is 6.07 Å². The monoisotopic (exact) mass is 234 g/mol. The summed E-state index contributed by atoms with van der Waals surface area (Å²) >= 11 is 0. The van der Waals surface area contributed by atoms with Crippen LogP contribution in [0.2, 0.25) is 0 Å². The van der Waals surface area contributed by atoms with Gasteiger partial charge in [-0.2, -0.15) is 5.26 Å². The van der Waals surface area contributed by atoms with Gasteiger partial charge in [0.2, 0.25) is 0 Å². The van der Waals surface area contributed by atoms with Crippen molar-refractivity contribution in [2.24, 2.45) is 0 Å². The van der Waals surface area contributed by atoms with Crippen LogP contribution in [0.15, 0.2) is 4.42 Å². The second-order valence-electron chi connectivity index (χ2n) is 4.40. The first-order valence-corrected chi connectivity index (χ1v) is 5.64. The van der Waals surface area contributed by atoms with E-state index < -0.39 is 0 Å². The molecule has 0 N–H and O–H groups in total. The number of aryl methyl sites for hydroxylation is 2. The molecule has 17 heavy (non-hydrogen) atoms. The largest absolute Gasteiger partial charge is 0.466 e. The van der Waals surface area contributed by atoms with E-state index in [0.29, 0.717) is 11.3 Å². The van der Waals surface area contributed by atoms with E-state index in [4.69, 9.17) is 9.68 Å². The fraction of sp³-hybridized carbons (Fsp3) is 0.538. The van der Waals surface area contributed by atoms with Gasteiger partial charge >= 0.3 is 0 Å². The Balaban J connectivity index is 3.15. The van der Waals surface area contributed by atoms with Crippen LogP contribution in [-0.2, 0) is 0 Å². The zero-order valence-electron chi connectivity index (χ0n) is 11.0. The van der Waals surface area contributed by atoms with E-state index in [1.165, 1.54) is 0 Å². The number of hydrogen-bond acceptors (Lipinski definition) is 3. The molecule has 0 aromatic carbocycles. The predicted octanol–water partition coefficient (Wildman–Crippen LogP) is 2.58. The molecule has 0 radical (unpaired) electrons. The van der Waals surface area contributed by atoms with Gasteiger partial charge in [-0.25, -0.2) is 0 Å². The number of nitrogens with zero attached hydrogens (tertiary/aromatic N) is 2. The molecule has 1 aromatic heterocycles. The van der Waals surface area contributed by atoms with E-state index in [1.807, 2.05) is 33.8 Å². The van der Waals surface area contributed by atoms with E-state index in [2.05, 4.69) is 0 Å². The summed E-state index contributed by atoms with van der Waals surface area (Å²) in [5.74, 6) is 1.24. The average Bonchev–Trinajstić information content (AvgIpc) is 2.48. The Kier molecular flexibility index (Phi) is 3.95. The number of carbonyl (C=O) groups excluding carboxylic acids is 1. The third-order valence-electron chi connectivity index (χ3n) is 2.90. The maximum Gasteiger partial charge on any atom is 0.258 e. The summed E-state index contributed by atoms with van der Waals surface area (Å²) in [6, 6.07) is 2.02. The Bertz CT molecular complexity index is 466. The number of carbonyl (C=O) groups is 1. The molecule has 0 atom stereocenters. The molecular formula is C13H18N2O2. The Labute approximate surface area is 102 Å². The third-order valence-corrected chi connectivity index (χ3v) is 2.90. The van der Waals surface area contributed by atoms with Crippen molar-refractivity contribution < 1.29 is 9.21 Å². The summed E-state index contributed by atoms with van der Waals surface area (Å²) < 4.78 is 5.44. The lowest BCUT2D eigenvalue weighted by Crippen LogP contribution is -2.37. The van der Waals surface area contributed by atoms with Crippen LogP contribution in [0.5, 0.6) is 0 Å². The number of nitriles is 1. The topological polar surface area (TPSA) is 57.2 Å². The predicted molar refractivity (Wildman–Crippen MR) is 64.7 cm³/mol. The van der Waals surface area contributed by atoms with E-state index >= 15 is 0 Å². The first-order chi connectivity index (χ1) is 7.90. The molecule has 1 aromatic rings. The van der Waals surface area contributed by atoms with Gasteiger partial charge in [0.25, 0.3) is 5.91 Å². The highest BCUT2D eigenvalue weighted by molar-refractivity contribution is 5.97. The smallest absolute Gasteiger partial charge is 0.258 e. The Morgan fingerprint density at radius 2 is 1.94 bits per heavy atom. The molecule has 1 rings (SSSR count). The molecule has 1 amide bonds. The van der Waals surface area contributed by atoms with Gasteiger partial charge in [0, 0.05) is 11.6 Å². The quantitative estimate of drug-likeness (QED) is 0.755. The zero-order chi connectivity index (χ0) is 13.2. The Morgan fingerprint density at radius 1 is 1.35 bits per heavy atom. The van der Waals surface area contributed by atoms with Crippen LogP contribution in [0.3, 0.4) is 0 Å². The molecule has 1 heterocycles. The molecule has 0 fully saturated rings. The lowest BCUT2D eigenvalue weighted by molar-refractivity contribution is 0.0729. The van der Waals surface area contributed by atoms with Crippen LogP contribution >= 0.6 is 0 Å². The number of rotatable bonds is 3. The van der Waals surface area contributed by atoms with Crippen LogP contribution < -0.4 is 0 Å². The van der Waals surface area contributed by atoms with Crippen LogP contribution in [0.1, 0.15) is 41.3 Å². The minimum Gasteiger partial charge on any atom is -0.466 e.